The van der Waals surface area contributed by atoms with Crippen molar-refractivity contribution in [1.82, 2.24) is 0 Å². The van der Waals surface area contributed by atoms with Crippen LogP contribution in [0.4, 0.5) is 0 Å². The summed E-state index contributed by atoms with van der Waals surface area (Å²) in [6, 6.07) is 9.56. The summed E-state index contributed by atoms with van der Waals surface area (Å²) in [4.78, 5) is 0. The topological polar surface area (TPSA) is 57.6 Å². The van der Waals surface area contributed by atoms with E-state index in [4.69, 9.17) is 19.6 Å². The van der Waals surface area contributed by atoms with Crippen molar-refractivity contribution in [2.24, 2.45) is 5.73 Å². The van der Waals surface area contributed by atoms with Crippen LogP contribution in [0.1, 0.15) is 24.0 Å². The highest BCUT2D eigenvalue weighted by Gasteiger charge is 2.09. The number of hydrogen-bond donors (Lipinski definition) is 1. The monoisotopic (exact) mass is 261 g/mol. The minimum atomic E-state index is 0.399. The van der Waals surface area contributed by atoms with E-state index in [2.05, 4.69) is 0 Å². The third-order valence-corrected chi connectivity index (χ3v) is 2.80. The summed E-state index contributed by atoms with van der Waals surface area (Å²) in [5.74, 6) is 3.10. The molecular formula is C15H19NO3. The number of rotatable bonds is 6. The van der Waals surface area contributed by atoms with Gasteiger partial charge in [0.05, 0.1) is 13.2 Å². The van der Waals surface area contributed by atoms with Crippen molar-refractivity contribution in [1.29, 1.82) is 0 Å². The molecule has 1 aromatic carbocycles. The van der Waals surface area contributed by atoms with Gasteiger partial charge in [-0.2, -0.15) is 0 Å². The second-order valence-electron chi connectivity index (χ2n) is 4.17. The van der Waals surface area contributed by atoms with Crippen LogP contribution >= 0.6 is 0 Å². The molecule has 2 rings (SSSR count). The zero-order valence-corrected chi connectivity index (χ0v) is 11.3. The van der Waals surface area contributed by atoms with Gasteiger partial charge in [-0.15, -0.1) is 0 Å². The summed E-state index contributed by atoms with van der Waals surface area (Å²) in [7, 11) is 0. The van der Waals surface area contributed by atoms with Gasteiger partial charge in [-0.25, -0.2) is 0 Å². The zero-order chi connectivity index (χ0) is 13.7. The van der Waals surface area contributed by atoms with E-state index in [0.29, 0.717) is 19.8 Å². The van der Waals surface area contributed by atoms with E-state index in [1.54, 1.807) is 0 Å². The van der Waals surface area contributed by atoms with Crippen LogP contribution in [0.25, 0.3) is 0 Å². The van der Waals surface area contributed by atoms with Gasteiger partial charge in [-0.1, -0.05) is 12.1 Å². The minimum absolute atomic E-state index is 0.399. The molecule has 0 aliphatic carbocycles. The molecule has 19 heavy (non-hydrogen) atoms. The summed E-state index contributed by atoms with van der Waals surface area (Å²) in [6.07, 6.45) is 0. The lowest BCUT2D eigenvalue weighted by Gasteiger charge is -2.10. The Hall–Kier alpha value is -1.94. The van der Waals surface area contributed by atoms with Crippen molar-refractivity contribution < 1.29 is 13.9 Å². The highest BCUT2D eigenvalue weighted by molar-refractivity contribution is 5.39. The average Bonchev–Trinajstić information content (AvgIpc) is 2.79. The van der Waals surface area contributed by atoms with Gasteiger partial charge < -0.3 is 19.6 Å². The van der Waals surface area contributed by atoms with E-state index in [1.807, 2.05) is 44.2 Å². The standard InChI is InChI=1S/C15H19NO3/c1-3-17-14-6-4-5-7-15(14)18-10-12-8-13(9-16)19-11(12)2/h4-8H,3,9-10,16H2,1-2H3. The molecular weight excluding hydrogens is 242 g/mol. The SMILES string of the molecule is CCOc1ccccc1OCc1cc(CN)oc1C. The summed E-state index contributed by atoms with van der Waals surface area (Å²) >= 11 is 0. The van der Waals surface area contributed by atoms with Crippen molar-refractivity contribution in [3.05, 3.63) is 47.4 Å². The van der Waals surface area contributed by atoms with E-state index < -0.39 is 0 Å². The Labute approximate surface area is 113 Å². The second kappa shape index (κ2) is 6.29. The maximum atomic E-state index is 5.79. The minimum Gasteiger partial charge on any atom is -0.490 e. The Bertz CT molecular complexity index is 534. The van der Waals surface area contributed by atoms with E-state index in [-0.39, 0.29) is 0 Å². The van der Waals surface area contributed by atoms with Crippen molar-refractivity contribution in [2.75, 3.05) is 6.61 Å². The van der Waals surface area contributed by atoms with E-state index in [9.17, 15) is 0 Å². The Morgan fingerprint density at radius 3 is 2.42 bits per heavy atom. The van der Waals surface area contributed by atoms with Crippen molar-refractivity contribution in [3.8, 4) is 11.5 Å². The molecule has 2 N–H and O–H groups in total. The maximum absolute atomic E-state index is 5.79. The molecule has 0 atom stereocenters. The lowest BCUT2D eigenvalue weighted by molar-refractivity contribution is 0.267. The molecule has 4 heteroatoms. The Kier molecular flexibility index (Phi) is 4.47. The van der Waals surface area contributed by atoms with Crippen LogP contribution in [0, 0.1) is 6.92 Å². The second-order valence-corrected chi connectivity index (χ2v) is 4.17. The number of para-hydroxylation sites is 2. The number of furan rings is 1. The molecule has 4 nitrogen and oxygen atoms in total. The van der Waals surface area contributed by atoms with Gasteiger partial charge in [0.15, 0.2) is 11.5 Å². The predicted octanol–water partition coefficient (Wildman–Crippen LogP) is 3.02. The molecule has 1 aromatic heterocycles. The third kappa shape index (κ3) is 3.29. The van der Waals surface area contributed by atoms with Crippen molar-refractivity contribution >= 4 is 0 Å². The summed E-state index contributed by atoms with van der Waals surface area (Å²) in [5.41, 5.74) is 6.55. The van der Waals surface area contributed by atoms with Gasteiger partial charge >= 0.3 is 0 Å². The zero-order valence-electron chi connectivity index (χ0n) is 11.3. The van der Waals surface area contributed by atoms with Crippen LogP contribution in [0.5, 0.6) is 11.5 Å². The molecule has 0 spiro atoms. The first kappa shape index (κ1) is 13.5. The fourth-order valence-corrected chi connectivity index (χ4v) is 1.83. The molecule has 0 unspecified atom stereocenters. The largest absolute Gasteiger partial charge is 0.490 e. The number of nitrogens with two attached hydrogens (primary N) is 1. The van der Waals surface area contributed by atoms with E-state index in [0.717, 1.165) is 28.6 Å². The Balaban J connectivity index is 2.07. The quantitative estimate of drug-likeness (QED) is 0.868. The summed E-state index contributed by atoms with van der Waals surface area (Å²) in [5, 5.41) is 0. The maximum Gasteiger partial charge on any atom is 0.161 e. The fourth-order valence-electron chi connectivity index (χ4n) is 1.83. The van der Waals surface area contributed by atoms with Crippen molar-refractivity contribution in [3.63, 3.8) is 0 Å². The van der Waals surface area contributed by atoms with Gasteiger partial charge in [-0.3, -0.25) is 0 Å². The fraction of sp³-hybridized carbons (Fsp3) is 0.333. The molecule has 0 saturated carbocycles. The molecule has 0 amide bonds. The Morgan fingerprint density at radius 2 is 1.84 bits per heavy atom. The van der Waals surface area contributed by atoms with E-state index >= 15 is 0 Å². The molecule has 0 bridgehead atoms. The van der Waals surface area contributed by atoms with Crippen LogP contribution in [-0.2, 0) is 13.2 Å². The lowest BCUT2D eigenvalue weighted by atomic mass is 10.2. The Morgan fingerprint density at radius 1 is 1.16 bits per heavy atom. The number of aryl methyl sites for hydroxylation is 1. The highest BCUT2D eigenvalue weighted by atomic mass is 16.5. The summed E-state index contributed by atoms with van der Waals surface area (Å²) < 4.78 is 16.8. The molecule has 1 heterocycles. The average molecular weight is 261 g/mol. The molecule has 0 radical (unpaired) electrons. The molecule has 0 saturated heterocycles. The molecule has 0 aliphatic rings. The van der Waals surface area contributed by atoms with Crippen LogP contribution < -0.4 is 15.2 Å². The molecule has 0 fully saturated rings. The van der Waals surface area contributed by atoms with Gasteiger partial charge in [0.25, 0.3) is 0 Å². The van der Waals surface area contributed by atoms with Crippen molar-refractivity contribution in [2.45, 2.75) is 27.0 Å². The normalized spacial score (nSPS) is 10.5. The molecule has 2 aromatic rings. The van der Waals surface area contributed by atoms with E-state index in [1.165, 1.54) is 0 Å². The number of hydrogen-bond acceptors (Lipinski definition) is 4. The molecule has 102 valence electrons. The lowest BCUT2D eigenvalue weighted by Crippen LogP contribution is -1.99. The van der Waals surface area contributed by atoms with Crippen LogP contribution in [0.15, 0.2) is 34.7 Å². The van der Waals surface area contributed by atoms with Gasteiger partial charge in [0.1, 0.15) is 18.1 Å². The van der Waals surface area contributed by atoms with Gasteiger partial charge in [0, 0.05) is 5.56 Å². The number of benzene rings is 1. The first-order chi connectivity index (χ1) is 9.24. The van der Waals surface area contributed by atoms with Gasteiger partial charge in [0.2, 0.25) is 0 Å². The first-order valence-electron chi connectivity index (χ1n) is 6.37. The van der Waals surface area contributed by atoms with Crippen LogP contribution in [-0.4, -0.2) is 6.61 Å². The third-order valence-electron chi connectivity index (χ3n) is 2.80. The summed E-state index contributed by atoms with van der Waals surface area (Å²) in [6.45, 7) is 5.31. The smallest absolute Gasteiger partial charge is 0.161 e. The number of ether oxygens (including phenoxy) is 2. The molecule has 0 aliphatic heterocycles. The predicted molar refractivity (Wildman–Crippen MR) is 73.3 cm³/mol. The van der Waals surface area contributed by atoms with Gasteiger partial charge in [-0.05, 0) is 32.0 Å². The van der Waals surface area contributed by atoms with Crippen LogP contribution in [0.2, 0.25) is 0 Å². The van der Waals surface area contributed by atoms with Crippen LogP contribution in [0.3, 0.4) is 0 Å². The first-order valence-corrected chi connectivity index (χ1v) is 6.37. The highest BCUT2D eigenvalue weighted by Crippen LogP contribution is 2.27.